The number of aryl methyl sites for hydroxylation is 1. The predicted molar refractivity (Wildman–Crippen MR) is 79.1 cm³/mol. The van der Waals surface area contributed by atoms with Crippen molar-refractivity contribution in [1.29, 1.82) is 0 Å². The summed E-state index contributed by atoms with van der Waals surface area (Å²) in [6.45, 7) is 3.25. The van der Waals surface area contributed by atoms with Crippen molar-refractivity contribution in [1.82, 2.24) is 0 Å². The quantitative estimate of drug-likeness (QED) is 0.490. The largest absolute Gasteiger partial charge is 0.497 e. The maximum absolute atomic E-state index is 12.2. The lowest BCUT2D eigenvalue weighted by atomic mass is 10.1. The highest BCUT2D eigenvalue weighted by Gasteiger charge is 2.16. The minimum absolute atomic E-state index is 0.176. The van der Waals surface area contributed by atoms with E-state index >= 15 is 0 Å². The zero-order valence-electron chi connectivity index (χ0n) is 12.2. The van der Waals surface area contributed by atoms with Gasteiger partial charge in [0.25, 0.3) is 0 Å². The summed E-state index contributed by atoms with van der Waals surface area (Å²) in [5.74, 6) is 0.0526. The molecule has 0 aliphatic rings. The van der Waals surface area contributed by atoms with Crippen molar-refractivity contribution in [3.05, 3.63) is 59.2 Å². The van der Waals surface area contributed by atoms with Crippen LogP contribution in [0.5, 0.6) is 11.5 Å². The molecular formula is C17H16O4. The Morgan fingerprint density at radius 1 is 1.00 bits per heavy atom. The van der Waals surface area contributed by atoms with E-state index in [4.69, 9.17) is 9.47 Å². The van der Waals surface area contributed by atoms with Crippen molar-refractivity contribution in [2.45, 2.75) is 13.8 Å². The Morgan fingerprint density at radius 2 is 1.71 bits per heavy atom. The molecule has 0 saturated carbocycles. The van der Waals surface area contributed by atoms with E-state index < -0.39 is 5.97 Å². The van der Waals surface area contributed by atoms with Gasteiger partial charge in [0.15, 0.2) is 5.78 Å². The van der Waals surface area contributed by atoms with Crippen LogP contribution in [0, 0.1) is 6.92 Å². The molecule has 0 radical (unpaired) electrons. The SMILES string of the molecule is COc1ccc(C(C)=O)c(OC(=O)c2ccccc2C)c1. The molecule has 0 saturated heterocycles. The number of hydrogen-bond acceptors (Lipinski definition) is 4. The van der Waals surface area contributed by atoms with Crippen molar-refractivity contribution in [3.63, 3.8) is 0 Å². The van der Waals surface area contributed by atoms with Crippen LogP contribution in [0.15, 0.2) is 42.5 Å². The second-order valence-electron chi connectivity index (χ2n) is 4.62. The van der Waals surface area contributed by atoms with E-state index in [0.29, 0.717) is 16.9 Å². The number of ether oxygens (including phenoxy) is 2. The van der Waals surface area contributed by atoms with E-state index in [2.05, 4.69) is 0 Å². The van der Waals surface area contributed by atoms with Crippen LogP contribution < -0.4 is 9.47 Å². The predicted octanol–water partition coefficient (Wildman–Crippen LogP) is 3.43. The van der Waals surface area contributed by atoms with Crippen LogP contribution in [0.4, 0.5) is 0 Å². The first kappa shape index (κ1) is 14.8. The van der Waals surface area contributed by atoms with E-state index in [1.807, 2.05) is 19.1 Å². The van der Waals surface area contributed by atoms with Gasteiger partial charge < -0.3 is 9.47 Å². The Bertz CT molecular complexity index is 689. The molecule has 108 valence electrons. The molecule has 0 heterocycles. The first-order chi connectivity index (χ1) is 10.0. The molecule has 2 aromatic carbocycles. The third-order valence-electron chi connectivity index (χ3n) is 3.14. The normalized spacial score (nSPS) is 10.0. The highest BCUT2D eigenvalue weighted by molar-refractivity contribution is 5.99. The summed E-state index contributed by atoms with van der Waals surface area (Å²) in [4.78, 5) is 23.9. The Hall–Kier alpha value is -2.62. The molecule has 0 unspecified atom stereocenters. The fraction of sp³-hybridized carbons (Fsp3) is 0.176. The van der Waals surface area contributed by atoms with Crippen LogP contribution in [0.1, 0.15) is 33.2 Å². The van der Waals surface area contributed by atoms with Crippen molar-refractivity contribution in [3.8, 4) is 11.5 Å². The Kier molecular flexibility index (Phi) is 4.38. The molecular weight excluding hydrogens is 268 g/mol. The topological polar surface area (TPSA) is 52.6 Å². The van der Waals surface area contributed by atoms with Crippen LogP contribution in [0.25, 0.3) is 0 Å². The minimum atomic E-state index is -0.496. The Morgan fingerprint density at radius 3 is 2.33 bits per heavy atom. The van der Waals surface area contributed by atoms with Crippen LogP contribution in [0.2, 0.25) is 0 Å². The van der Waals surface area contributed by atoms with Crippen LogP contribution in [-0.4, -0.2) is 18.9 Å². The third-order valence-corrected chi connectivity index (χ3v) is 3.14. The summed E-state index contributed by atoms with van der Waals surface area (Å²) in [5.41, 5.74) is 1.63. The molecule has 0 aliphatic carbocycles. The van der Waals surface area contributed by atoms with Gasteiger partial charge in [-0.15, -0.1) is 0 Å². The van der Waals surface area contributed by atoms with Gasteiger partial charge in [0.1, 0.15) is 11.5 Å². The zero-order chi connectivity index (χ0) is 15.4. The first-order valence-electron chi connectivity index (χ1n) is 6.49. The third kappa shape index (κ3) is 3.28. The lowest BCUT2D eigenvalue weighted by molar-refractivity contribution is 0.0732. The lowest BCUT2D eigenvalue weighted by Gasteiger charge is -2.11. The molecule has 0 aliphatic heterocycles. The number of rotatable bonds is 4. The van der Waals surface area contributed by atoms with Gasteiger partial charge in [-0.05, 0) is 37.6 Å². The number of Topliss-reactive ketones (excluding diaryl/α,β-unsaturated/α-hetero) is 1. The molecule has 4 nitrogen and oxygen atoms in total. The zero-order valence-corrected chi connectivity index (χ0v) is 12.2. The van der Waals surface area contributed by atoms with E-state index in [0.717, 1.165) is 5.56 Å². The molecule has 0 atom stereocenters. The number of benzene rings is 2. The van der Waals surface area contributed by atoms with E-state index in [1.165, 1.54) is 20.1 Å². The Labute approximate surface area is 123 Å². The van der Waals surface area contributed by atoms with E-state index in [-0.39, 0.29) is 11.5 Å². The van der Waals surface area contributed by atoms with Crippen LogP contribution in [-0.2, 0) is 0 Å². The average molecular weight is 284 g/mol. The monoisotopic (exact) mass is 284 g/mol. The standard InChI is InChI=1S/C17H16O4/c1-11-6-4-5-7-14(11)17(19)21-16-10-13(20-3)8-9-15(16)12(2)18/h4-10H,1-3H3. The van der Waals surface area contributed by atoms with E-state index in [1.54, 1.807) is 24.3 Å². The molecule has 4 heteroatoms. The van der Waals surface area contributed by atoms with Gasteiger partial charge in [0, 0.05) is 6.07 Å². The lowest BCUT2D eigenvalue weighted by Crippen LogP contribution is -2.12. The molecule has 2 aromatic rings. The van der Waals surface area contributed by atoms with Crippen molar-refractivity contribution >= 4 is 11.8 Å². The van der Waals surface area contributed by atoms with Crippen molar-refractivity contribution in [2.75, 3.05) is 7.11 Å². The summed E-state index contributed by atoms with van der Waals surface area (Å²) in [6.07, 6.45) is 0. The average Bonchev–Trinajstić information content (AvgIpc) is 2.47. The van der Waals surface area contributed by atoms with Gasteiger partial charge in [-0.3, -0.25) is 4.79 Å². The van der Waals surface area contributed by atoms with Crippen molar-refractivity contribution in [2.24, 2.45) is 0 Å². The molecule has 21 heavy (non-hydrogen) atoms. The molecule has 0 aromatic heterocycles. The van der Waals surface area contributed by atoms with Crippen LogP contribution in [0.3, 0.4) is 0 Å². The highest BCUT2D eigenvalue weighted by Crippen LogP contribution is 2.26. The molecule has 0 N–H and O–H groups in total. The Balaban J connectivity index is 2.36. The summed E-state index contributed by atoms with van der Waals surface area (Å²) < 4.78 is 10.5. The van der Waals surface area contributed by atoms with Gasteiger partial charge in [0.05, 0.1) is 18.2 Å². The highest BCUT2D eigenvalue weighted by atomic mass is 16.5. The second-order valence-corrected chi connectivity index (χ2v) is 4.62. The van der Waals surface area contributed by atoms with Crippen molar-refractivity contribution < 1.29 is 19.1 Å². The summed E-state index contributed by atoms with van der Waals surface area (Å²) >= 11 is 0. The van der Waals surface area contributed by atoms with Gasteiger partial charge in [-0.25, -0.2) is 4.79 Å². The number of esters is 1. The number of carbonyl (C=O) groups excluding carboxylic acids is 2. The fourth-order valence-corrected chi connectivity index (χ4v) is 1.96. The first-order valence-corrected chi connectivity index (χ1v) is 6.49. The maximum Gasteiger partial charge on any atom is 0.343 e. The van der Waals surface area contributed by atoms with Gasteiger partial charge in [0.2, 0.25) is 0 Å². The minimum Gasteiger partial charge on any atom is -0.497 e. The number of methoxy groups -OCH3 is 1. The molecule has 0 spiro atoms. The molecule has 0 amide bonds. The maximum atomic E-state index is 12.2. The van der Waals surface area contributed by atoms with Crippen LogP contribution >= 0.6 is 0 Å². The van der Waals surface area contributed by atoms with Gasteiger partial charge in [-0.1, -0.05) is 18.2 Å². The number of ketones is 1. The van der Waals surface area contributed by atoms with E-state index in [9.17, 15) is 9.59 Å². The smallest absolute Gasteiger partial charge is 0.343 e. The van der Waals surface area contributed by atoms with Gasteiger partial charge in [-0.2, -0.15) is 0 Å². The summed E-state index contributed by atoms with van der Waals surface area (Å²) in [6, 6.07) is 11.9. The molecule has 2 rings (SSSR count). The number of carbonyl (C=O) groups is 2. The molecule has 0 bridgehead atoms. The summed E-state index contributed by atoms with van der Waals surface area (Å²) in [5, 5.41) is 0. The number of hydrogen-bond donors (Lipinski definition) is 0. The van der Waals surface area contributed by atoms with Gasteiger partial charge >= 0.3 is 5.97 Å². The second kappa shape index (κ2) is 6.22. The molecule has 0 fully saturated rings. The fourth-order valence-electron chi connectivity index (χ4n) is 1.96. The summed E-state index contributed by atoms with van der Waals surface area (Å²) in [7, 11) is 1.51.